The molecule has 19 heavy (non-hydrogen) atoms. The van der Waals surface area contributed by atoms with Crippen molar-refractivity contribution in [1.82, 2.24) is 9.47 Å². The third-order valence-corrected chi connectivity index (χ3v) is 4.86. The number of aryl methyl sites for hydroxylation is 1. The van der Waals surface area contributed by atoms with Gasteiger partial charge in [-0.2, -0.15) is 0 Å². The quantitative estimate of drug-likeness (QED) is 0.908. The number of likely N-dealkylation sites (tertiary alicyclic amines) is 1. The topological polar surface area (TPSA) is 34.2 Å². The Kier molecular flexibility index (Phi) is 3.68. The Morgan fingerprint density at radius 1 is 1.32 bits per heavy atom. The van der Waals surface area contributed by atoms with Crippen molar-refractivity contribution in [1.29, 1.82) is 0 Å². The number of hydrogen-bond acceptors (Lipinski definition) is 2. The first-order valence-corrected chi connectivity index (χ1v) is 7.85. The van der Waals surface area contributed by atoms with E-state index in [4.69, 9.17) is 5.73 Å². The van der Waals surface area contributed by atoms with E-state index in [0.717, 1.165) is 6.42 Å². The number of aromatic nitrogens is 1. The van der Waals surface area contributed by atoms with Crippen molar-refractivity contribution < 1.29 is 0 Å². The van der Waals surface area contributed by atoms with Crippen LogP contribution >= 0.6 is 0 Å². The van der Waals surface area contributed by atoms with Gasteiger partial charge >= 0.3 is 0 Å². The monoisotopic (exact) mass is 261 g/mol. The number of nitrogens with two attached hydrogens (primary N) is 1. The molecule has 0 amide bonds. The van der Waals surface area contributed by atoms with E-state index in [1.54, 1.807) is 0 Å². The first-order chi connectivity index (χ1) is 9.16. The average Bonchev–Trinajstić information content (AvgIpc) is 2.96. The molecule has 2 unspecified atom stereocenters. The SMILES string of the molecule is Cc1cc2c(n1C(C)CN1CCCC1)CCCC2N. The molecule has 1 fully saturated rings. The predicted octanol–water partition coefficient (Wildman–Crippen LogP) is 2.79. The summed E-state index contributed by atoms with van der Waals surface area (Å²) in [7, 11) is 0. The van der Waals surface area contributed by atoms with Gasteiger partial charge < -0.3 is 15.2 Å². The molecule has 2 heterocycles. The van der Waals surface area contributed by atoms with E-state index >= 15 is 0 Å². The first-order valence-electron chi connectivity index (χ1n) is 7.85. The Hall–Kier alpha value is -0.800. The van der Waals surface area contributed by atoms with Crippen LogP contribution in [0.15, 0.2) is 6.07 Å². The van der Waals surface area contributed by atoms with E-state index < -0.39 is 0 Å². The molecule has 1 aliphatic carbocycles. The van der Waals surface area contributed by atoms with Crippen molar-refractivity contribution in [2.75, 3.05) is 19.6 Å². The van der Waals surface area contributed by atoms with E-state index in [-0.39, 0.29) is 6.04 Å². The normalized spacial score (nSPS) is 25.5. The largest absolute Gasteiger partial charge is 0.345 e. The Morgan fingerprint density at radius 3 is 2.79 bits per heavy atom. The van der Waals surface area contributed by atoms with E-state index in [1.807, 2.05) is 0 Å². The third kappa shape index (κ3) is 2.46. The van der Waals surface area contributed by atoms with Crippen LogP contribution in [0.3, 0.4) is 0 Å². The summed E-state index contributed by atoms with van der Waals surface area (Å²) in [5.74, 6) is 0. The van der Waals surface area contributed by atoms with E-state index in [2.05, 4.69) is 29.4 Å². The van der Waals surface area contributed by atoms with Gasteiger partial charge in [0.1, 0.15) is 0 Å². The van der Waals surface area contributed by atoms with Crippen LogP contribution in [0.5, 0.6) is 0 Å². The molecule has 1 saturated heterocycles. The minimum Gasteiger partial charge on any atom is -0.345 e. The summed E-state index contributed by atoms with van der Waals surface area (Å²) in [5.41, 5.74) is 10.6. The van der Waals surface area contributed by atoms with Crippen LogP contribution in [-0.4, -0.2) is 29.1 Å². The maximum Gasteiger partial charge on any atom is 0.0434 e. The van der Waals surface area contributed by atoms with Gasteiger partial charge in [0.2, 0.25) is 0 Å². The Labute approximate surface area is 116 Å². The maximum atomic E-state index is 6.27. The van der Waals surface area contributed by atoms with Gasteiger partial charge in [-0.1, -0.05) is 0 Å². The summed E-state index contributed by atoms with van der Waals surface area (Å²) in [6.45, 7) is 8.37. The van der Waals surface area contributed by atoms with Gasteiger partial charge in [-0.3, -0.25) is 0 Å². The molecule has 0 bridgehead atoms. The van der Waals surface area contributed by atoms with Crippen molar-refractivity contribution in [3.05, 3.63) is 23.0 Å². The summed E-state index contributed by atoms with van der Waals surface area (Å²) in [6.07, 6.45) is 6.35. The standard InChI is InChI=1S/C16H27N3/c1-12-10-14-15(17)6-5-7-16(14)19(12)13(2)11-18-8-3-4-9-18/h10,13,15H,3-9,11,17H2,1-2H3. The van der Waals surface area contributed by atoms with Crippen molar-refractivity contribution >= 4 is 0 Å². The van der Waals surface area contributed by atoms with Crippen molar-refractivity contribution in [2.24, 2.45) is 5.73 Å². The molecule has 1 aromatic rings. The number of nitrogens with zero attached hydrogens (tertiary/aromatic N) is 2. The van der Waals surface area contributed by atoms with Crippen LogP contribution in [0.2, 0.25) is 0 Å². The summed E-state index contributed by atoms with van der Waals surface area (Å²) in [6, 6.07) is 3.18. The van der Waals surface area contributed by atoms with Gasteiger partial charge in [-0.05, 0) is 70.7 Å². The van der Waals surface area contributed by atoms with E-state index in [1.165, 1.54) is 62.3 Å². The summed E-state index contributed by atoms with van der Waals surface area (Å²) in [4.78, 5) is 2.61. The highest BCUT2D eigenvalue weighted by molar-refractivity contribution is 5.33. The Bertz CT molecular complexity index is 443. The van der Waals surface area contributed by atoms with E-state index in [0.29, 0.717) is 6.04 Å². The lowest BCUT2D eigenvalue weighted by atomic mass is 9.93. The number of fused-ring (bicyclic) bond motifs is 1. The van der Waals surface area contributed by atoms with Crippen LogP contribution < -0.4 is 5.73 Å². The van der Waals surface area contributed by atoms with E-state index in [9.17, 15) is 0 Å². The Balaban J connectivity index is 1.83. The highest BCUT2D eigenvalue weighted by Gasteiger charge is 2.25. The molecular formula is C16H27N3. The minimum absolute atomic E-state index is 0.266. The molecule has 2 N–H and O–H groups in total. The summed E-state index contributed by atoms with van der Waals surface area (Å²) < 4.78 is 2.56. The van der Waals surface area contributed by atoms with Gasteiger partial charge in [0, 0.05) is 30.0 Å². The van der Waals surface area contributed by atoms with Crippen LogP contribution in [0.25, 0.3) is 0 Å². The van der Waals surface area contributed by atoms with Crippen LogP contribution in [0.1, 0.15) is 61.6 Å². The lowest BCUT2D eigenvalue weighted by molar-refractivity contribution is 0.282. The molecule has 0 aromatic carbocycles. The molecule has 2 aliphatic rings. The average molecular weight is 261 g/mol. The first kappa shape index (κ1) is 13.2. The molecule has 2 atom stereocenters. The Morgan fingerprint density at radius 2 is 2.05 bits per heavy atom. The second-order valence-electron chi connectivity index (χ2n) is 6.41. The fraction of sp³-hybridized carbons (Fsp3) is 0.750. The van der Waals surface area contributed by atoms with Gasteiger partial charge in [0.05, 0.1) is 0 Å². The fourth-order valence-corrected chi connectivity index (χ4v) is 3.99. The molecule has 1 aromatic heterocycles. The zero-order chi connectivity index (χ0) is 13.4. The lowest BCUT2D eigenvalue weighted by Gasteiger charge is -2.27. The lowest BCUT2D eigenvalue weighted by Crippen LogP contribution is -2.29. The molecule has 0 saturated carbocycles. The third-order valence-electron chi connectivity index (χ3n) is 4.86. The fourth-order valence-electron chi connectivity index (χ4n) is 3.99. The van der Waals surface area contributed by atoms with Crippen LogP contribution in [-0.2, 0) is 6.42 Å². The van der Waals surface area contributed by atoms with Crippen LogP contribution in [0.4, 0.5) is 0 Å². The molecule has 0 spiro atoms. The highest BCUT2D eigenvalue weighted by atomic mass is 15.2. The van der Waals surface area contributed by atoms with Gasteiger partial charge in [0.15, 0.2) is 0 Å². The van der Waals surface area contributed by atoms with Crippen LogP contribution in [0, 0.1) is 6.92 Å². The van der Waals surface area contributed by atoms with Crippen molar-refractivity contribution in [3.63, 3.8) is 0 Å². The molecule has 1 aliphatic heterocycles. The highest BCUT2D eigenvalue weighted by Crippen LogP contribution is 2.33. The zero-order valence-electron chi connectivity index (χ0n) is 12.4. The molecular weight excluding hydrogens is 234 g/mol. The molecule has 3 nitrogen and oxygen atoms in total. The number of rotatable bonds is 3. The maximum absolute atomic E-state index is 6.27. The van der Waals surface area contributed by atoms with Crippen molar-refractivity contribution in [2.45, 2.75) is 58.0 Å². The molecule has 106 valence electrons. The smallest absolute Gasteiger partial charge is 0.0434 e. The molecule has 3 rings (SSSR count). The van der Waals surface area contributed by atoms with Crippen molar-refractivity contribution in [3.8, 4) is 0 Å². The zero-order valence-corrected chi connectivity index (χ0v) is 12.4. The second kappa shape index (κ2) is 5.29. The summed E-state index contributed by atoms with van der Waals surface area (Å²) in [5, 5.41) is 0. The molecule has 0 radical (unpaired) electrons. The van der Waals surface area contributed by atoms with Gasteiger partial charge in [0.25, 0.3) is 0 Å². The van der Waals surface area contributed by atoms with Gasteiger partial charge in [-0.15, -0.1) is 0 Å². The second-order valence-corrected chi connectivity index (χ2v) is 6.41. The molecule has 3 heteroatoms. The minimum atomic E-state index is 0.266. The summed E-state index contributed by atoms with van der Waals surface area (Å²) >= 11 is 0. The predicted molar refractivity (Wildman–Crippen MR) is 79.4 cm³/mol. The van der Waals surface area contributed by atoms with Gasteiger partial charge in [-0.25, -0.2) is 0 Å². The number of hydrogen-bond donors (Lipinski definition) is 1.